The summed E-state index contributed by atoms with van der Waals surface area (Å²) in [4.78, 5) is 6.83. The second kappa shape index (κ2) is 7.19. The van der Waals surface area contributed by atoms with Crippen molar-refractivity contribution in [3.8, 4) is 11.5 Å². The summed E-state index contributed by atoms with van der Waals surface area (Å²) in [5.74, 6) is 1.91. The van der Waals surface area contributed by atoms with Crippen molar-refractivity contribution in [2.45, 2.75) is 13.0 Å². The lowest BCUT2D eigenvalue weighted by molar-refractivity contribution is 0.190. The summed E-state index contributed by atoms with van der Waals surface area (Å²) in [7, 11) is 2.08. The van der Waals surface area contributed by atoms with E-state index in [1.165, 1.54) is 0 Å². The molecule has 26 heavy (non-hydrogen) atoms. The van der Waals surface area contributed by atoms with Gasteiger partial charge in [0.15, 0.2) is 11.6 Å². The van der Waals surface area contributed by atoms with Gasteiger partial charge in [0.1, 0.15) is 0 Å². The van der Waals surface area contributed by atoms with Gasteiger partial charge in [0, 0.05) is 30.9 Å². The van der Waals surface area contributed by atoms with E-state index in [4.69, 9.17) is 4.52 Å². The molecule has 0 radical (unpaired) electrons. The Morgan fingerprint density at radius 1 is 1.23 bits per heavy atom. The van der Waals surface area contributed by atoms with Crippen LogP contribution in [0.25, 0.3) is 11.5 Å². The molecule has 0 aliphatic carbocycles. The van der Waals surface area contributed by atoms with Crippen LogP contribution in [0.15, 0.2) is 40.9 Å². The highest BCUT2D eigenvalue weighted by Gasteiger charge is 2.25. The van der Waals surface area contributed by atoms with Gasteiger partial charge in [-0.3, -0.25) is 4.90 Å². The first-order valence-corrected chi connectivity index (χ1v) is 8.61. The van der Waals surface area contributed by atoms with E-state index in [0.717, 1.165) is 36.6 Å². The summed E-state index contributed by atoms with van der Waals surface area (Å²) in [6, 6.07) is 11.8. The molecule has 0 saturated carbocycles. The minimum Gasteiger partial charge on any atom is -0.339 e. The van der Waals surface area contributed by atoms with E-state index >= 15 is 0 Å². The van der Waals surface area contributed by atoms with Gasteiger partial charge in [0.05, 0.1) is 11.7 Å². The van der Waals surface area contributed by atoms with Crippen molar-refractivity contribution in [3.63, 3.8) is 0 Å². The Hall–Kier alpha value is -2.84. The minimum absolute atomic E-state index is 0.130. The lowest BCUT2D eigenvalue weighted by Crippen LogP contribution is -2.44. The number of piperazine rings is 1. The standard InChI is InChI=1S/C18H21N7O/c1-12-6-7-16(23-22-12)20-14-5-3-4-13(10-14)18-21-17(24-26-18)15-11-19-8-9-25(15)2/h3-7,10,15,19H,8-9,11H2,1-2H3,(H,20,23). The highest BCUT2D eigenvalue weighted by atomic mass is 16.5. The molecule has 1 atom stereocenters. The van der Waals surface area contributed by atoms with Crippen molar-refractivity contribution in [3.05, 3.63) is 47.9 Å². The highest BCUT2D eigenvalue weighted by Crippen LogP contribution is 2.25. The molecule has 2 N–H and O–H groups in total. The lowest BCUT2D eigenvalue weighted by Gasteiger charge is -2.30. The van der Waals surface area contributed by atoms with Crippen LogP contribution in [-0.2, 0) is 0 Å². The highest BCUT2D eigenvalue weighted by molar-refractivity contribution is 5.65. The van der Waals surface area contributed by atoms with Crippen molar-refractivity contribution in [1.29, 1.82) is 0 Å². The van der Waals surface area contributed by atoms with Crippen molar-refractivity contribution in [2.24, 2.45) is 0 Å². The Morgan fingerprint density at radius 2 is 2.15 bits per heavy atom. The molecule has 3 aromatic rings. The van der Waals surface area contributed by atoms with Crippen LogP contribution < -0.4 is 10.6 Å². The molecule has 8 nitrogen and oxygen atoms in total. The maximum atomic E-state index is 5.50. The van der Waals surface area contributed by atoms with Gasteiger partial charge in [-0.15, -0.1) is 5.10 Å². The first-order valence-electron chi connectivity index (χ1n) is 8.61. The van der Waals surface area contributed by atoms with Crippen LogP contribution in [0.2, 0.25) is 0 Å². The number of likely N-dealkylation sites (N-methyl/N-ethyl adjacent to an activating group) is 1. The van der Waals surface area contributed by atoms with Gasteiger partial charge in [0.25, 0.3) is 5.89 Å². The Kier molecular flexibility index (Phi) is 4.59. The molecular weight excluding hydrogens is 330 g/mol. The van der Waals surface area contributed by atoms with E-state index in [-0.39, 0.29) is 6.04 Å². The topological polar surface area (TPSA) is 92.0 Å². The van der Waals surface area contributed by atoms with Crippen LogP contribution in [0.3, 0.4) is 0 Å². The maximum absolute atomic E-state index is 5.50. The Bertz CT molecular complexity index is 877. The van der Waals surface area contributed by atoms with Crippen LogP contribution in [0.5, 0.6) is 0 Å². The van der Waals surface area contributed by atoms with Gasteiger partial charge in [-0.25, -0.2) is 0 Å². The molecule has 1 fully saturated rings. The van der Waals surface area contributed by atoms with Crippen molar-refractivity contribution >= 4 is 11.5 Å². The maximum Gasteiger partial charge on any atom is 0.258 e. The molecule has 4 rings (SSSR count). The molecule has 1 aliphatic rings. The van der Waals surface area contributed by atoms with Crippen molar-refractivity contribution in [2.75, 3.05) is 32.0 Å². The fourth-order valence-corrected chi connectivity index (χ4v) is 2.93. The van der Waals surface area contributed by atoms with Crippen molar-refractivity contribution < 1.29 is 4.52 Å². The number of nitrogens with zero attached hydrogens (tertiary/aromatic N) is 5. The molecule has 134 valence electrons. The number of anilines is 2. The van der Waals surface area contributed by atoms with Gasteiger partial charge in [-0.1, -0.05) is 11.2 Å². The van der Waals surface area contributed by atoms with E-state index in [2.05, 4.69) is 42.9 Å². The summed E-state index contributed by atoms with van der Waals surface area (Å²) in [5, 5.41) is 19.0. The third-order valence-corrected chi connectivity index (χ3v) is 4.43. The van der Waals surface area contributed by atoms with Crippen LogP contribution in [0.1, 0.15) is 17.6 Å². The third-order valence-electron chi connectivity index (χ3n) is 4.43. The molecule has 0 spiro atoms. The second-order valence-electron chi connectivity index (χ2n) is 6.42. The fourth-order valence-electron chi connectivity index (χ4n) is 2.93. The average molecular weight is 351 g/mol. The predicted molar refractivity (Wildman–Crippen MR) is 98.0 cm³/mol. The van der Waals surface area contributed by atoms with E-state index < -0.39 is 0 Å². The smallest absolute Gasteiger partial charge is 0.258 e. The number of hydrogen-bond donors (Lipinski definition) is 2. The molecule has 1 aromatic carbocycles. The SMILES string of the molecule is Cc1ccc(Nc2cccc(-c3nc(C4CNCCN4C)no3)c2)nn1. The largest absolute Gasteiger partial charge is 0.339 e. The van der Waals surface area contributed by atoms with Gasteiger partial charge >= 0.3 is 0 Å². The normalized spacial score (nSPS) is 18.0. The summed E-state index contributed by atoms with van der Waals surface area (Å²) in [6.07, 6.45) is 0. The molecule has 1 aliphatic heterocycles. The molecular formula is C18H21N7O. The lowest BCUT2D eigenvalue weighted by atomic mass is 10.2. The van der Waals surface area contributed by atoms with Gasteiger partial charge in [0.2, 0.25) is 0 Å². The molecule has 3 heterocycles. The van der Waals surface area contributed by atoms with E-state index in [1.54, 1.807) is 0 Å². The molecule has 1 saturated heterocycles. The van der Waals surface area contributed by atoms with Crippen molar-refractivity contribution in [1.82, 2.24) is 30.6 Å². The monoisotopic (exact) mass is 351 g/mol. The summed E-state index contributed by atoms with van der Waals surface area (Å²) in [5.41, 5.74) is 2.63. The van der Waals surface area contributed by atoms with Gasteiger partial charge < -0.3 is 15.2 Å². The van der Waals surface area contributed by atoms with E-state index in [9.17, 15) is 0 Å². The average Bonchev–Trinajstić information content (AvgIpc) is 3.14. The number of aromatic nitrogens is 4. The van der Waals surface area contributed by atoms with Crippen LogP contribution in [0, 0.1) is 6.92 Å². The van der Waals surface area contributed by atoms with E-state index in [1.807, 2.05) is 43.3 Å². The molecule has 8 heteroatoms. The summed E-state index contributed by atoms with van der Waals surface area (Å²) < 4.78 is 5.50. The second-order valence-corrected chi connectivity index (χ2v) is 6.42. The molecule has 1 unspecified atom stereocenters. The Morgan fingerprint density at radius 3 is 2.96 bits per heavy atom. The summed E-state index contributed by atoms with van der Waals surface area (Å²) in [6.45, 7) is 4.67. The zero-order valence-corrected chi connectivity index (χ0v) is 14.8. The number of hydrogen-bond acceptors (Lipinski definition) is 8. The molecule has 0 amide bonds. The number of rotatable bonds is 4. The third kappa shape index (κ3) is 3.56. The summed E-state index contributed by atoms with van der Waals surface area (Å²) >= 11 is 0. The zero-order valence-electron chi connectivity index (χ0n) is 14.8. The minimum atomic E-state index is 0.130. The van der Waals surface area contributed by atoms with Crippen LogP contribution in [-0.4, -0.2) is 51.9 Å². The quantitative estimate of drug-likeness (QED) is 0.739. The fraction of sp³-hybridized carbons (Fsp3) is 0.333. The first-order chi connectivity index (χ1) is 12.7. The number of benzene rings is 1. The Labute approximate surface area is 151 Å². The Balaban J connectivity index is 1.54. The van der Waals surface area contributed by atoms with E-state index in [0.29, 0.717) is 17.5 Å². The zero-order chi connectivity index (χ0) is 17.9. The van der Waals surface area contributed by atoms with Gasteiger partial charge in [-0.2, -0.15) is 10.1 Å². The molecule has 2 aromatic heterocycles. The number of nitrogens with one attached hydrogen (secondary N) is 2. The molecule has 0 bridgehead atoms. The number of aryl methyl sites for hydroxylation is 1. The van der Waals surface area contributed by atoms with Crippen LogP contribution >= 0.6 is 0 Å². The predicted octanol–water partition coefficient (Wildman–Crippen LogP) is 2.15. The van der Waals surface area contributed by atoms with Crippen LogP contribution in [0.4, 0.5) is 11.5 Å². The first kappa shape index (κ1) is 16.6. The van der Waals surface area contributed by atoms with Gasteiger partial charge in [-0.05, 0) is 44.3 Å².